The fourth-order valence-corrected chi connectivity index (χ4v) is 0.894. The lowest BCUT2D eigenvalue weighted by atomic mass is 10.3. The molecule has 4 nitrogen and oxygen atoms in total. The number of rotatable bonds is 0. The first-order chi connectivity index (χ1) is 5.36. The molecule has 54 valence electrons. The second kappa shape index (κ2) is 2.16. The predicted molar refractivity (Wildman–Crippen MR) is 41.7 cm³/mol. The Bertz CT molecular complexity index is 385. The summed E-state index contributed by atoms with van der Waals surface area (Å²) >= 11 is 0. The van der Waals surface area contributed by atoms with Gasteiger partial charge in [0.15, 0.2) is 0 Å². The second-order valence-corrected chi connectivity index (χ2v) is 2.16. The fourth-order valence-electron chi connectivity index (χ4n) is 0.894. The zero-order chi connectivity index (χ0) is 7.68. The minimum Gasteiger partial charge on any atom is -0.366 e. The summed E-state index contributed by atoms with van der Waals surface area (Å²) in [6.07, 6.45) is 0. The summed E-state index contributed by atoms with van der Waals surface area (Å²) in [4.78, 5) is 3.98. The maximum atomic E-state index is 5.34. The lowest BCUT2D eigenvalue weighted by molar-refractivity contribution is 1.04. The topological polar surface area (TPSA) is 64.7 Å². The summed E-state index contributed by atoms with van der Waals surface area (Å²) in [5, 5.41) is 7.47. The number of benzene rings is 1. The number of nitrogen functional groups attached to an aromatic ring is 1. The quantitative estimate of drug-likeness (QED) is 0.591. The molecule has 0 aliphatic rings. The van der Waals surface area contributed by atoms with Crippen molar-refractivity contribution in [1.82, 2.24) is 15.2 Å². The Morgan fingerprint density at radius 2 is 1.73 bits per heavy atom. The van der Waals surface area contributed by atoms with Gasteiger partial charge in [0.2, 0.25) is 5.95 Å². The Morgan fingerprint density at radius 1 is 1.00 bits per heavy atom. The minimum atomic E-state index is 0.212. The van der Waals surface area contributed by atoms with Crippen LogP contribution in [0.5, 0.6) is 0 Å². The molecular weight excluding hydrogens is 140 g/mol. The van der Waals surface area contributed by atoms with Crippen LogP contribution >= 0.6 is 0 Å². The number of nitrogens with two attached hydrogens (primary N) is 1. The van der Waals surface area contributed by atoms with E-state index in [4.69, 9.17) is 5.73 Å². The van der Waals surface area contributed by atoms with Crippen molar-refractivity contribution in [3.8, 4) is 0 Å². The molecule has 0 atom stereocenters. The van der Waals surface area contributed by atoms with Crippen molar-refractivity contribution < 1.29 is 0 Å². The molecule has 2 rings (SSSR count). The molecule has 0 saturated carbocycles. The average molecular weight is 146 g/mol. The van der Waals surface area contributed by atoms with Gasteiger partial charge in [-0.25, -0.2) is 4.98 Å². The highest BCUT2D eigenvalue weighted by Crippen LogP contribution is 2.06. The molecule has 0 fully saturated rings. The standard InChI is InChI=1S/C7H6N4/c8-7-9-5-3-1-2-4-6(5)10-11-7/h1-4H,(H2,8,9,11). The van der Waals surface area contributed by atoms with Gasteiger partial charge in [-0.2, -0.15) is 0 Å². The van der Waals surface area contributed by atoms with Gasteiger partial charge >= 0.3 is 0 Å². The molecule has 2 N–H and O–H groups in total. The van der Waals surface area contributed by atoms with Gasteiger partial charge in [0, 0.05) is 0 Å². The van der Waals surface area contributed by atoms with Crippen molar-refractivity contribution >= 4 is 17.0 Å². The summed E-state index contributed by atoms with van der Waals surface area (Å²) < 4.78 is 0. The molecule has 0 unspecified atom stereocenters. The first-order valence-electron chi connectivity index (χ1n) is 3.21. The van der Waals surface area contributed by atoms with Crippen LogP contribution in [0.1, 0.15) is 0 Å². The summed E-state index contributed by atoms with van der Waals surface area (Å²) in [5.41, 5.74) is 6.88. The highest BCUT2D eigenvalue weighted by Gasteiger charge is 1.94. The van der Waals surface area contributed by atoms with Crippen LogP contribution in [-0.2, 0) is 0 Å². The molecule has 0 radical (unpaired) electrons. The number of hydrogen-bond donors (Lipinski definition) is 1. The van der Waals surface area contributed by atoms with E-state index in [0.29, 0.717) is 0 Å². The van der Waals surface area contributed by atoms with Crippen LogP contribution < -0.4 is 5.73 Å². The fraction of sp³-hybridized carbons (Fsp3) is 0. The van der Waals surface area contributed by atoms with E-state index in [2.05, 4.69) is 15.2 Å². The number of nitrogens with zero attached hydrogens (tertiary/aromatic N) is 3. The Labute approximate surface area is 63.1 Å². The second-order valence-electron chi connectivity index (χ2n) is 2.16. The van der Waals surface area contributed by atoms with Gasteiger partial charge in [-0.3, -0.25) is 0 Å². The number of aromatic nitrogens is 3. The van der Waals surface area contributed by atoms with E-state index in [0.717, 1.165) is 11.0 Å². The lowest BCUT2D eigenvalue weighted by Crippen LogP contribution is -1.96. The summed E-state index contributed by atoms with van der Waals surface area (Å²) in [5.74, 6) is 0.212. The summed E-state index contributed by atoms with van der Waals surface area (Å²) in [7, 11) is 0. The molecule has 1 aromatic heterocycles. The van der Waals surface area contributed by atoms with Crippen molar-refractivity contribution in [1.29, 1.82) is 0 Å². The van der Waals surface area contributed by atoms with Gasteiger partial charge in [-0.05, 0) is 12.1 Å². The average Bonchev–Trinajstić information content (AvgIpc) is 2.04. The molecule has 11 heavy (non-hydrogen) atoms. The highest BCUT2D eigenvalue weighted by molar-refractivity contribution is 5.73. The summed E-state index contributed by atoms with van der Waals surface area (Å²) in [6.45, 7) is 0. The van der Waals surface area contributed by atoms with Crippen LogP contribution in [0.2, 0.25) is 0 Å². The number of anilines is 1. The van der Waals surface area contributed by atoms with Gasteiger partial charge in [0.1, 0.15) is 5.52 Å². The molecule has 0 aliphatic carbocycles. The van der Waals surface area contributed by atoms with E-state index < -0.39 is 0 Å². The molecular formula is C7H6N4. The molecule has 0 saturated heterocycles. The van der Waals surface area contributed by atoms with Crippen molar-refractivity contribution in [3.63, 3.8) is 0 Å². The predicted octanol–water partition coefficient (Wildman–Crippen LogP) is 0.607. The lowest BCUT2D eigenvalue weighted by Gasteiger charge is -1.93. The van der Waals surface area contributed by atoms with Gasteiger partial charge in [0.25, 0.3) is 0 Å². The monoisotopic (exact) mass is 146 g/mol. The van der Waals surface area contributed by atoms with E-state index in [1.807, 2.05) is 24.3 Å². The van der Waals surface area contributed by atoms with Crippen LogP contribution in [0.25, 0.3) is 11.0 Å². The van der Waals surface area contributed by atoms with E-state index in [9.17, 15) is 0 Å². The van der Waals surface area contributed by atoms with Crippen molar-refractivity contribution in [3.05, 3.63) is 24.3 Å². The van der Waals surface area contributed by atoms with Crippen molar-refractivity contribution in [2.45, 2.75) is 0 Å². The van der Waals surface area contributed by atoms with Crippen molar-refractivity contribution in [2.75, 3.05) is 5.73 Å². The van der Waals surface area contributed by atoms with Crippen LogP contribution in [0, 0.1) is 0 Å². The van der Waals surface area contributed by atoms with E-state index in [1.54, 1.807) is 0 Å². The van der Waals surface area contributed by atoms with Crippen LogP contribution in [-0.4, -0.2) is 15.2 Å². The van der Waals surface area contributed by atoms with Gasteiger partial charge in [0.05, 0.1) is 5.52 Å². The summed E-state index contributed by atoms with van der Waals surface area (Å²) in [6, 6.07) is 7.46. The van der Waals surface area contributed by atoms with Crippen LogP contribution in [0.3, 0.4) is 0 Å². The number of fused-ring (bicyclic) bond motifs is 1. The Balaban J connectivity index is 2.83. The van der Waals surface area contributed by atoms with E-state index in [-0.39, 0.29) is 5.95 Å². The SMILES string of the molecule is Nc1nnc2ccccc2n1. The van der Waals surface area contributed by atoms with Gasteiger partial charge < -0.3 is 5.73 Å². The van der Waals surface area contributed by atoms with E-state index >= 15 is 0 Å². The Kier molecular flexibility index (Phi) is 1.18. The zero-order valence-electron chi connectivity index (χ0n) is 5.73. The first kappa shape index (κ1) is 6.03. The number of hydrogen-bond acceptors (Lipinski definition) is 4. The van der Waals surface area contributed by atoms with E-state index in [1.165, 1.54) is 0 Å². The third-order valence-electron chi connectivity index (χ3n) is 1.38. The highest BCUT2D eigenvalue weighted by atomic mass is 15.2. The Morgan fingerprint density at radius 3 is 2.55 bits per heavy atom. The molecule has 2 aromatic rings. The van der Waals surface area contributed by atoms with Crippen molar-refractivity contribution in [2.24, 2.45) is 0 Å². The Hall–Kier alpha value is -1.71. The maximum Gasteiger partial charge on any atom is 0.240 e. The molecule has 0 spiro atoms. The third kappa shape index (κ3) is 0.980. The van der Waals surface area contributed by atoms with Gasteiger partial charge in [-0.1, -0.05) is 12.1 Å². The normalized spacial score (nSPS) is 10.2. The molecule has 1 heterocycles. The minimum absolute atomic E-state index is 0.212. The van der Waals surface area contributed by atoms with Crippen LogP contribution in [0.15, 0.2) is 24.3 Å². The molecule has 0 aliphatic heterocycles. The first-order valence-corrected chi connectivity index (χ1v) is 3.21. The third-order valence-corrected chi connectivity index (χ3v) is 1.38. The molecule has 0 amide bonds. The largest absolute Gasteiger partial charge is 0.366 e. The van der Waals surface area contributed by atoms with Crippen LogP contribution in [0.4, 0.5) is 5.95 Å². The maximum absolute atomic E-state index is 5.34. The zero-order valence-corrected chi connectivity index (χ0v) is 5.73. The number of para-hydroxylation sites is 1. The van der Waals surface area contributed by atoms with Gasteiger partial charge in [-0.15, -0.1) is 10.2 Å². The molecule has 1 aromatic carbocycles. The smallest absolute Gasteiger partial charge is 0.240 e. The molecule has 0 bridgehead atoms. The molecule has 4 heteroatoms.